The summed E-state index contributed by atoms with van der Waals surface area (Å²) in [6, 6.07) is 2.37. The summed E-state index contributed by atoms with van der Waals surface area (Å²) >= 11 is 0. The summed E-state index contributed by atoms with van der Waals surface area (Å²) in [4.78, 5) is 2.63. The van der Waals surface area contributed by atoms with E-state index >= 15 is 0 Å². The Labute approximate surface area is 125 Å². The van der Waals surface area contributed by atoms with E-state index in [0.717, 1.165) is 24.7 Å². The molecule has 0 saturated carbocycles. The molecule has 3 nitrogen and oxygen atoms in total. The van der Waals surface area contributed by atoms with E-state index in [0.29, 0.717) is 0 Å². The second-order valence-electron chi connectivity index (χ2n) is 6.93. The van der Waals surface area contributed by atoms with Gasteiger partial charge in [0.2, 0.25) is 0 Å². The number of likely N-dealkylation sites (tertiary alicyclic amines) is 1. The number of nitriles is 1. The highest BCUT2D eigenvalue weighted by atomic mass is 15.1. The average molecular weight is 279 g/mol. The van der Waals surface area contributed by atoms with Crippen LogP contribution in [-0.2, 0) is 0 Å². The number of hydrogen-bond acceptors (Lipinski definition) is 3. The second-order valence-corrected chi connectivity index (χ2v) is 6.93. The number of rotatable bonds is 7. The molecule has 1 heterocycles. The molecular weight excluding hydrogens is 246 g/mol. The Kier molecular flexibility index (Phi) is 7.55. The fourth-order valence-corrected chi connectivity index (χ4v) is 3.12. The number of unbranched alkanes of at least 4 members (excludes halogenated alkanes) is 1. The molecular formula is C17H33N3. The number of nitrogens with one attached hydrogen (secondary N) is 1. The monoisotopic (exact) mass is 279 g/mol. The zero-order valence-electron chi connectivity index (χ0n) is 13.9. The molecule has 1 fully saturated rings. The van der Waals surface area contributed by atoms with Crippen molar-refractivity contribution in [3.63, 3.8) is 0 Å². The Balaban J connectivity index is 2.21. The van der Waals surface area contributed by atoms with Crippen molar-refractivity contribution in [1.29, 1.82) is 5.26 Å². The first-order valence-electron chi connectivity index (χ1n) is 8.33. The van der Waals surface area contributed by atoms with Gasteiger partial charge in [0.15, 0.2) is 0 Å². The van der Waals surface area contributed by atoms with Gasteiger partial charge in [-0.25, -0.2) is 0 Å². The van der Waals surface area contributed by atoms with E-state index in [4.69, 9.17) is 5.26 Å². The third-order valence-electron chi connectivity index (χ3n) is 5.01. The topological polar surface area (TPSA) is 39.1 Å². The molecule has 0 aromatic heterocycles. The Morgan fingerprint density at radius 2 is 2.05 bits per heavy atom. The van der Waals surface area contributed by atoms with Crippen LogP contribution in [0.5, 0.6) is 0 Å². The Morgan fingerprint density at radius 1 is 1.30 bits per heavy atom. The fraction of sp³-hybridized carbons (Fsp3) is 0.941. The van der Waals surface area contributed by atoms with E-state index in [1.807, 2.05) is 14.0 Å². The maximum atomic E-state index is 9.13. The lowest BCUT2D eigenvalue weighted by molar-refractivity contribution is 0.263. The molecule has 3 heteroatoms. The molecule has 1 aliphatic rings. The van der Waals surface area contributed by atoms with Gasteiger partial charge < -0.3 is 10.2 Å². The largest absolute Gasteiger partial charge is 0.303 e. The van der Waals surface area contributed by atoms with E-state index < -0.39 is 0 Å². The number of hydrogen-bond donors (Lipinski definition) is 1. The summed E-state index contributed by atoms with van der Waals surface area (Å²) in [5.74, 6) is 1.76. The Morgan fingerprint density at radius 3 is 2.65 bits per heavy atom. The van der Waals surface area contributed by atoms with E-state index in [9.17, 15) is 0 Å². The minimum absolute atomic E-state index is 0.346. The smallest absolute Gasteiger partial charge is 0.103 e. The van der Waals surface area contributed by atoms with Crippen LogP contribution in [0.3, 0.4) is 0 Å². The number of nitrogens with zero attached hydrogens (tertiary/aromatic N) is 2. The van der Waals surface area contributed by atoms with Gasteiger partial charge in [0.05, 0.1) is 6.07 Å². The van der Waals surface area contributed by atoms with Gasteiger partial charge in [-0.1, -0.05) is 13.8 Å². The van der Waals surface area contributed by atoms with E-state index in [-0.39, 0.29) is 5.54 Å². The molecule has 1 saturated heterocycles. The van der Waals surface area contributed by atoms with Crippen molar-refractivity contribution in [2.45, 2.75) is 64.8 Å². The normalized spacial score (nSPS) is 24.1. The third kappa shape index (κ3) is 5.81. The first-order chi connectivity index (χ1) is 9.50. The van der Waals surface area contributed by atoms with Crippen LogP contribution in [0.25, 0.3) is 0 Å². The molecule has 0 aromatic rings. The van der Waals surface area contributed by atoms with Crippen molar-refractivity contribution in [3.05, 3.63) is 0 Å². The Hall–Kier alpha value is -0.590. The molecule has 2 atom stereocenters. The third-order valence-corrected chi connectivity index (χ3v) is 5.01. The van der Waals surface area contributed by atoms with Crippen LogP contribution in [0.15, 0.2) is 0 Å². The minimum atomic E-state index is -0.346. The summed E-state index contributed by atoms with van der Waals surface area (Å²) in [6.07, 6.45) is 7.42. The van der Waals surface area contributed by atoms with Gasteiger partial charge in [-0.05, 0) is 84.0 Å². The van der Waals surface area contributed by atoms with Gasteiger partial charge in [-0.15, -0.1) is 0 Å². The summed E-state index contributed by atoms with van der Waals surface area (Å²) in [7, 11) is 1.88. The molecule has 116 valence electrons. The maximum Gasteiger partial charge on any atom is 0.103 e. The Bertz CT molecular complexity index is 308. The van der Waals surface area contributed by atoms with Gasteiger partial charge in [0, 0.05) is 0 Å². The molecule has 2 unspecified atom stereocenters. The molecule has 0 bridgehead atoms. The highest BCUT2D eigenvalue weighted by molar-refractivity contribution is 5.02. The SMILES string of the molecule is CNC(C)(C#N)CCCCN1CCCC(C(C)C)CC1. The first-order valence-corrected chi connectivity index (χ1v) is 8.33. The summed E-state index contributed by atoms with van der Waals surface area (Å²) in [6.45, 7) is 10.5. The summed E-state index contributed by atoms with van der Waals surface area (Å²) < 4.78 is 0. The molecule has 1 aliphatic heterocycles. The minimum Gasteiger partial charge on any atom is -0.303 e. The van der Waals surface area contributed by atoms with Gasteiger partial charge in [0.1, 0.15) is 5.54 Å². The highest BCUT2D eigenvalue weighted by Gasteiger charge is 2.21. The van der Waals surface area contributed by atoms with Crippen LogP contribution >= 0.6 is 0 Å². The predicted octanol–water partition coefficient (Wildman–Crippen LogP) is 3.42. The van der Waals surface area contributed by atoms with Crippen LogP contribution in [0.2, 0.25) is 0 Å². The van der Waals surface area contributed by atoms with Crippen LogP contribution < -0.4 is 5.32 Å². The maximum absolute atomic E-state index is 9.13. The molecule has 0 amide bonds. The molecule has 20 heavy (non-hydrogen) atoms. The van der Waals surface area contributed by atoms with Crippen molar-refractivity contribution >= 4 is 0 Å². The van der Waals surface area contributed by atoms with Gasteiger partial charge in [-0.3, -0.25) is 0 Å². The van der Waals surface area contributed by atoms with Crippen molar-refractivity contribution < 1.29 is 0 Å². The van der Waals surface area contributed by atoms with Gasteiger partial charge in [-0.2, -0.15) is 5.26 Å². The van der Waals surface area contributed by atoms with Crippen LogP contribution in [-0.4, -0.2) is 37.1 Å². The lowest BCUT2D eigenvalue weighted by Crippen LogP contribution is -2.38. The van der Waals surface area contributed by atoms with Crippen molar-refractivity contribution in [3.8, 4) is 6.07 Å². The molecule has 1 N–H and O–H groups in total. The summed E-state index contributed by atoms with van der Waals surface area (Å²) in [5.41, 5.74) is -0.346. The van der Waals surface area contributed by atoms with E-state index in [1.54, 1.807) is 0 Å². The van der Waals surface area contributed by atoms with Gasteiger partial charge >= 0.3 is 0 Å². The highest BCUT2D eigenvalue weighted by Crippen LogP contribution is 2.24. The first kappa shape index (κ1) is 17.5. The molecule has 0 aromatic carbocycles. The van der Waals surface area contributed by atoms with Crippen LogP contribution in [0, 0.1) is 23.2 Å². The molecule has 1 rings (SSSR count). The zero-order valence-corrected chi connectivity index (χ0v) is 13.9. The lowest BCUT2D eigenvalue weighted by atomic mass is 9.89. The quantitative estimate of drug-likeness (QED) is 0.726. The second kappa shape index (κ2) is 8.64. The van der Waals surface area contributed by atoms with E-state index in [2.05, 4.69) is 30.1 Å². The molecule has 0 spiro atoms. The van der Waals surface area contributed by atoms with Crippen LogP contribution in [0.1, 0.15) is 59.3 Å². The van der Waals surface area contributed by atoms with Crippen molar-refractivity contribution in [2.75, 3.05) is 26.7 Å². The van der Waals surface area contributed by atoms with E-state index in [1.165, 1.54) is 45.3 Å². The molecule has 0 aliphatic carbocycles. The standard InChI is InChI=1S/C17H33N3/c1-15(2)16-8-7-12-20(13-9-16)11-6-5-10-17(3,14-18)19-4/h15-16,19H,5-13H2,1-4H3. The molecule has 0 radical (unpaired) electrons. The van der Waals surface area contributed by atoms with Crippen molar-refractivity contribution in [1.82, 2.24) is 10.2 Å². The fourth-order valence-electron chi connectivity index (χ4n) is 3.12. The summed E-state index contributed by atoms with van der Waals surface area (Å²) in [5, 5.41) is 12.2. The van der Waals surface area contributed by atoms with Gasteiger partial charge in [0.25, 0.3) is 0 Å². The van der Waals surface area contributed by atoms with Crippen molar-refractivity contribution in [2.24, 2.45) is 11.8 Å². The predicted molar refractivity (Wildman–Crippen MR) is 85.5 cm³/mol. The lowest BCUT2D eigenvalue weighted by Gasteiger charge is -2.23. The zero-order chi connectivity index (χ0) is 15.0. The average Bonchev–Trinajstić information content (AvgIpc) is 2.69. The van der Waals surface area contributed by atoms with Crippen LogP contribution in [0.4, 0.5) is 0 Å².